The number of anilines is 2. The summed E-state index contributed by atoms with van der Waals surface area (Å²) in [4.78, 5) is 11.6. The van der Waals surface area contributed by atoms with Gasteiger partial charge in [0.05, 0.1) is 7.11 Å². The minimum absolute atomic E-state index is 0.328. The summed E-state index contributed by atoms with van der Waals surface area (Å²) in [5.74, 6) is 3.45. The van der Waals surface area contributed by atoms with Crippen molar-refractivity contribution in [3.8, 4) is 5.75 Å². The van der Waals surface area contributed by atoms with Crippen LogP contribution in [0.3, 0.4) is 0 Å². The van der Waals surface area contributed by atoms with E-state index in [0.29, 0.717) is 6.04 Å². The lowest BCUT2D eigenvalue weighted by atomic mass is 10.1. The van der Waals surface area contributed by atoms with E-state index < -0.39 is 0 Å². The Morgan fingerprint density at radius 3 is 2.45 bits per heavy atom. The van der Waals surface area contributed by atoms with Gasteiger partial charge in [0, 0.05) is 25.2 Å². The lowest BCUT2D eigenvalue weighted by Gasteiger charge is -2.28. The SMILES string of the molecule is COc1cccc(CCNc2cc(N(Cc3ccccc3)C(C)C)nc(C)n2)c1. The Kier molecular flexibility index (Phi) is 7.06. The van der Waals surface area contributed by atoms with Gasteiger partial charge < -0.3 is 15.0 Å². The summed E-state index contributed by atoms with van der Waals surface area (Å²) in [6.45, 7) is 7.94. The number of aryl methyl sites for hydroxylation is 1. The van der Waals surface area contributed by atoms with Crippen molar-refractivity contribution in [1.82, 2.24) is 9.97 Å². The molecule has 0 spiro atoms. The number of hydrogen-bond donors (Lipinski definition) is 1. The normalized spacial score (nSPS) is 10.8. The molecule has 1 aromatic heterocycles. The summed E-state index contributed by atoms with van der Waals surface area (Å²) in [5, 5.41) is 3.45. The van der Waals surface area contributed by atoms with E-state index >= 15 is 0 Å². The van der Waals surface area contributed by atoms with E-state index in [0.717, 1.165) is 42.7 Å². The first kappa shape index (κ1) is 20.6. The molecule has 2 aromatic carbocycles. The first-order chi connectivity index (χ1) is 14.0. The number of rotatable bonds is 9. The Balaban J connectivity index is 1.70. The van der Waals surface area contributed by atoms with Crippen LogP contribution in [0, 0.1) is 6.92 Å². The number of benzene rings is 2. The summed E-state index contributed by atoms with van der Waals surface area (Å²) in [7, 11) is 1.69. The van der Waals surface area contributed by atoms with Gasteiger partial charge in [0.15, 0.2) is 0 Å². The van der Waals surface area contributed by atoms with Crippen LogP contribution < -0.4 is 15.0 Å². The quantitative estimate of drug-likeness (QED) is 0.565. The van der Waals surface area contributed by atoms with Crippen molar-refractivity contribution in [2.24, 2.45) is 0 Å². The molecule has 0 bridgehead atoms. The average Bonchev–Trinajstić information content (AvgIpc) is 2.72. The molecule has 29 heavy (non-hydrogen) atoms. The highest BCUT2D eigenvalue weighted by molar-refractivity contribution is 5.50. The van der Waals surface area contributed by atoms with Crippen molar-refractivity contribution < 1.29 is 4.74 Å². The predicted molar refractivity (Wildman–Crippen MR) is 120 cm³/mol. The van der Waals surface area contributed by atoms with Crippen LogP contribution in [0.5, 0.6) is 5.75 Å². The molecule has 0 unspecified atom stereocenters. The molecule has 152 valence electrons. The van der Waals surface area contributed by atoms with E-state index in [1.54, 1.807) is 7.11 Å². The van der Waals surface area contributed by atoms with Gasteiger partial charge in [-0.1, -0.05) is 42.5 Å². The van der Waals surface area contributed by atoms with Gasteiger partial charge in [0.25, 0.3) is 0 Å². The Morgan fingerprint density at radius 2 is 1.72 bits per heavy atom. The van der Waals surface area contributed by atoms with Crippen molar-refractivity contribution in [2.75, 3.05) is 23.9 Å². The third-order valence-corrected chi connectivity index (χ3v) is 4.79. The highest BCUT2D eigenvalue weighted by atomic mass is 16.5. The maximum atomic E-state index is 5.30. The molecule has 3 rings (SSSR count). The molecule has 0 aliphatic rings. The molecule has 3 aromatic rings. The van der Waals surface area contributed by atoms with Crippen molar-refractivity contribution in [3.63, 3.8) is 0 Å². The van der Waals surface area contributed by atoms with E-state index in [1.165, 1.54) is 11.1 Å². The van der Waals surface area contributed by atoms with Gasteiger partial charge in [0.1, 0.15) is 23.2 Å². The molecule has 0 aliphatic carbocycles. The van der Waals surface area contributed by atoms with Crippen LogP contribution in [-0.2, 0) is 13.0 Å². The molecule has 1 heterocycles. The van der Waals surface area contributed by atoms with Crippen LogP contribution in [0.1, 0.15) is 30.8 Å². The number of ether oxygens (including phenoxy) is 1. The molecule has 0 amide bonds. The van der Waals surface area contributed by atoms with E-state index in [2.05, 4.69) is 65.4 Å². The third kappa shape index (κ3) is 5.95. The van der Waals surface area contributed by atoms with Gasteiger partial charge in [-0.25, -0.2) is 9.97 Å². The second kappa shape index (κ2) is 9.92. The minimum Gasteiger partial charge on any atom is -0.497 e. The van der Waals surface area contributed by atoms with Gasteiger partial charge >= 0.3 is 0 Å². The summed E-state index contributed by atoms with van der Waals surface area (Å²) in [6.07, 6.45) is 0.896. The highest BCUT2D eigenvalue weighted by Crippen LogP contribution is 2.21. The smallest absolute Gasteiger partial charge is 0.134 e. The Bertz CT molecular complexity index is 912. The minimum atomic E-state index is 0.328. The van der Waals surface area contributed by atoms with Gasteiger partial charge in [-0.3, -0.25) is 0 Å². The fourth-order valence-electron chi connectivity index (χ4n) is 3.26. The van der Waals surface area contributed by atoms with Gasteiger partial charge in [-0.05, 0) is 50.5 Å². The second-order valence-electron chi connectivity index (χ2n) is 7.39. The summed E-state index contributed by atoms with van der Waals surface area (Å²) >= 11 is 0. The van der Waals surface area contributed by atoms with Crippen LogP contribution >= 0.6 is 0 Å². The van der Waals surface area contributed by atoms with Crippen LogP contribution in [-0.4, -0.2) is 29.7 Å². The van der Waals surface area contributed by atoms with E-state index in [1.807, 2.05) is 31.2 Å². The number of methoxy groups -OCH3 is 1. The molecule has 5 heteroatoms. The summed E-state index contributed by atoms with van der Waals surface area (Å²) in [6, 6.07) is 21.0. The summed E-state index contributed by atoms with van der Waals surface area (Å²) in [5.41, 5.74) is 2.50. The number of aromatic nitrogens is 2. The molecule has 0 radical (unpaired) electrons. The molecule has 0 atom stereocenters. The average molecular weight is 391 g/mol. The maximum absolute atomic E-state index is 5.30. The topological polar surface area (TPSA) is 50.3 Å². The lowest BCUT2D eigenvalue weighted by Crippen LogP contribution is -2.31. The zero-order valence-corrected chi connectivity index (χ0v) is 17.7. The second-order valence-corrected chi connectivity index (χ2v) is 7.39. The van der Waals surface area contributed by atoms with E-state index in [4.69, 9.17) is 9.72 Å². The molecule has 1 N–H and O–H groups in total. The number of hydrogen-bond acceptors (Lipinski definition) is 5. The van der Waals surface area contributed by atoms with Gasteiger partial charge in [0.2, 0.25) is 0 Å². The van der Waals surface area contributed by atoms with Crippen molar-refractivity contribution in [1.29, 1.82) is 0 Å². The molecule has 5 nitrogen and oxygen atoms in total. The van der Waals surface area contributed by atoms with Crippen molar-refractivity contribution in [2.45, 2.75) is 39.8 Å². The highest BCUT2D eigenvalue weighted by Gasteiger charge is 2.14. The van der Waals surface area contributed by atoms with Crippen LogP contribution in [0.4, 0.5) is 11.6 Å². The van der Waals surface area contributed by atoms with E-state index in [-0.39, 0.29) is 0 Å². The molecule has 0 saturated heterocycles. The molecule has 0 saturated carbocycles. The standard InChI is InChI=1S/C24H30N4O/c1-18(2)28(17-21-9-6-5-7-10-21)24-16-23(26-19(3)27-24)25-14-13-20-11-8-12-22(15-20)29-4/h5-12,15-16,18H,13-14,17H2,1-4H3,(H,25,26,27). The lowest BCUT2D eigenvalue weighted by molar-refractivity contribution is 0.414. The zero-order valence-electron chi connectivity index (χ0n) is 17.7. The molecular formula is C24H30N4O. The van der Waals surface area contributed by atoms with Gasteiger partial charge in [-0.15, -0.1) is 0 Å². The predicted octanol–water partition coefficient (Wildman–Crippen LogP) is 4.86. The van der Waals surface area contributed by atoms with Crippen LogP contribution in [0.25, 0.3) is 0 Å². The number of nitrogens with zero attached hydrogens (tertiary/aromatic N) is 3. The van der Waals surface area contributed by atoms with Crippen LogP contribution in [0.2, 0.25) is 0 Å². The summed E-state index contributed by atoms with van der Waals surface area (Å²) < 4.78 is 5.30. The van der Waals surface area contributed by atoms with Crippen LogP contribution in [0.15, 0.2) is 60.7 Å². The first-order valence-electron chi connectivity index (χ1n) is 10.1. The third-order valence-electron chi connectivity index (χ3n) is 4.79. The molecule has 0 aliphatic heterocycles. The largest absolute Gasteiger partial charge is 0.497 e. The van der Waals surface area contributed by atoms with Crippen molar-refractivity contribution >= 4 is 11.6 Å². The fraction of sp³-hybridized carbons (Fsp3) is 0.333. The Morgan fingerprint density at radius 1 is 0.966 bits per heavy atom. The Labute approximate surface area is 173 Å². The fourth-order valence-corrected chi connectivity index (χ4v) is 3.26. The Hall–Kier alpha value is -3.08. The molecular weight excluding hydrogens is 360 g/mol. The molecule has 0 fully saturated rings. The first-order valence-corrected chi connectivity index (χ1v) is 10.1. The number of nitrogens with one attached hydrogen (secondary N) is 1. The van der Waals surface area contributed by atoms with Gasteiger partial charge in [-0.2, -0.15) is 0 Å². The maximum Gasteiger partial charge on any atom is 0.134 e. The zero-order chi connectivity index (χ0) is 20.6. The van der Waals surface area contributed by atoms with E-state index in [9.17, 15) is 0 Å². The van der Waals surface area contributed by atoms with Crippen molar-refractivity contribution in [3.05, 3.63) is 77.6 Å². The monoisotopic (exact) mass is 390 g/mol.